The number of piperidine rings is 1. The highest BCUT2D eigenvalue weighted by atomic mass is 19.4. The molecular weight excluding hydrogens is 549 g/mol. The van der Waals surface area contributed by atoms with Crippen molar-refractivity contribution in [1.82, 2.24) is 30.1 Å². The molecule has 42 heavy (non-hydrogen) atoms. The molecule has 2 aliphatic rings. The summed E-state index contributed by atoms with van der Waals surface area (Å²) in [4.78, 5) is 30.1. The van der Waals surface area contributed by atoms with Crippen LogP contribution in [0, 0.1) is 0 Å². The molecule has 2 fully saturated rings. The first-order chi connectivity index (χ1) is 20.2. The number of carbonyl (C=O) groups excluding carboxylic acids is 2. The molecule has 0 unspecified atom stereocenters. The fraction of sp³-hybridized carbons (Fsp3) is 0.467. The number of ether oxygens (including phenoxy) is 1. The molecule has 2 saturated heterocycles. The number of hydrogen-bond donors (Lipinski definition) is 1. The second-order valence-electron chi connectivity index (χ2n) is 10.9. The number of nitrogens with one attached hydrogen (secondary N) is 1. The number of carbonyl (C=O) groups is 2. The predicted molar refractivity (Wildman–Crippen MR) is 148 cm³/mol. The van der Waals surface area contributed by atoms with Crippen molar-refractivity contribution in [1.29, 1.82) is 0 Å². The van der Waals surface area contributed by atoms with Crippen molar-refractivity contribution >= 4 is 11.9 Å². The Balaban J connectivity index is 1.25. The predicted octanol–water partition coefficient (Wildman–Crippen LogP) is 3.72. The van der Waals surface area contributed by atoms with Gasteiger partial charge < -0.3 is 15.0 Å². The lowest BCUT2D eigenvalue weighted by molar-refractivity contribution is -0.137. The lowest BCUT2D eigenvalue weighted by Gasteiger charge is -2.39. The van der Waals surface area contributed by atoms with E-state index in [0.29, 0.717) is 18.5 Å². The average molecular weight is 585 g/mol. The Morgan fingerprint density at radius 1 is 1.02 bits per heavy atom. The van der Waals surface area contributed by atoms with Crippen LogP contribution in [0.25, 0.3) is 0 Å². The summed E-state index contributed by atoms with van der Waals surface area (Å²) in [6.07, 6.45) is 0.281. The normalized spacial score (nSPS) is 20.5. The van der Waals surface area contributed by atoms with Gasteiger partial charge in [0.25, 0.3) is 0 Å². The zero-order chi connectivity index (χ0) is 29.7. The topological polar surface area (TPSA) is 92.6 Å². The Morgan fingerprint density at radius 2 is 1.76 bits per heavy atom. The molecule has 3 heterocycles. The minimum Gasteiger partial charge on any atom is -0.464 e. The van der Waals surface area contributed by atoms with Gasteiger partial charge in [-0.2, -0.15) is 13.2 Å². The number of methoxy groups -OCH3 is 1. The fourth-order valence-electron chi connectivity index (χ4n) is 5.92. The number of esters is 1. The van der Waals surface area contributed by atoms with E-state index in [1.165, 1.54) is 24.9 Å². The highest BCUT2D eigenvalue weighted by Gasteiger charge is 2.42. The quantitative estimate of drug-likeness (QED) is 0.384. The van der Waals surface area contributed by atoms with Gasteiger partial charge in [0.05, 0.1) is 31.0 Å². The fourth-order valence-corrected chi connectivity index (χ4v) is 5.92. The molecule has 0 saturated carbocycles. The van der Waals surface area contributed by atoms with Gasteiger partial charge in [-0.05, 0) is 62.0 Å². The first kappa shape index (κ1) is 29.7. The van der Waals surface area contributed by atoms with Crippen molar-refractivity contribution in [3.05, 3.63) is 83.2 Å². The maximum atomic E-state index is 13.5. The maximum Gasteiger partial charge on any atom is 0.416 e. The number of hydrogen-bond acceptors (Lipinski definition) is 7. The molecule has 12 heteroatoms. The zero-order valence-electron chi connectivity index (χ0n) is 23.5. The van der Waals surface area contributed by atoms with Crippen molar-refractivity contribution < 1.29 is 27.5 Å². The van der Waals surface area contributed by atoms with Gasteiger partial charge in [-0.3, -0.25) is 9.69 Å². The number of nitrogens with zero attached hydrogens (tertiary/aromatic N) is 5. The van der Waals surface area contributed by atoms with E-state index < -0.39 is 23.8 Å². The van der Waals surface area contributed by atoms with Crippen molar-refractivity contribution in [3.8, 4) is 0 Å². The first-order valence-corrected chi connectivity index (χ1v) is 14.2. The van der Waals surface area contributed by atoms with E-state index in [-0.39, 0.29) is 30.2 Å². The van der Waals surface area contributed by atoms with Gasteiger partial charge in [0.1, 0.15) is 0 Å². The molecule has 0 aliphatic carbocycles. The molecule has 1 amide bonds. The van der Waals surface area contributed by atoms with Crippen molar-refractivity contribution in [2.75, 3.05) is 33.3 Å². The number of likely N-dealkylation sites (tertiary alicyclic amines) is 2. The minimum atomic E-state index is -4.45. The Hall–Kier alpha value is -3.77. The smallest absolute Gasteiger partial charge is 0.416 e. The van der Waals surface area contributed by atoms with Gasteiger partial charge in [-0.15, -0.1) is 5.10 Å². The number of halogens is 3. The summed E-state index contributed by atoms with van der Waals surface area (Å²) in [5.74, 6) is -0.830. The average Bonchev–Trinajstić information content (AvgIpc) is 3.67. The van der Waals surface area contributed by atoms with E-state index in [4.69, 9.17) is 4.74 Å². The minimum absolute atomic E-state index is 0.00843. The van der Waals surface area contributed by atoms with Crippen LogP contribution in [0.3, 0.4) is 0 Å². The molecule has 3 aromatic rings. The van der Waals surface area contributed by atoms with E-state index in [1.807, 2.05) is 18.2 Å². The number of rotatable bonds is 9. The standard InChI is InChI=1S/C30H35F3N6O3/c1-42-29(41)26-20-39(36-35-26)25-17-27(28(40)34-18-22-8-5-9-23(16-22)30(31,32)33)38(19-25)24-11-14-37(15-12-24)13-10-21-6-3-2-4-7-21/h2-9,16,20,24-25,27H,10-15,17-19H2,1H3,(H,34,40)/t25-,27+/m1/s1. The van der Waals surface area contributed by atoms with E-state index in [2.05, 4.69) is 37.6 Å². The molecule has 224 valence electrons. The Labute approximate surface area is 242 Å². The Bertz CT molecular complexity index is 1360. The highest BCUT2D eigenvalue weighted by Crippen LogP contribution is 2.33. The third-order valence-electron chi connectivity index (χ3n) is 8.21. The number of alkyl halides is 3. The molecule has 0 bridgehead atoms. The zero-order valence-corrected chi connectivity index (χ0v) is 23.5. The van der Waals surface area contributed by atoms with Gasteiger partial charge in [0, 0.05) is 25.7 Å². The molecule has 2 atom stereocenters. The molecule has 0 spiro atoms. The van der Waals surface area contributed by atoms with Crippen molar-refractivity contribution in [3.63, 3.8) is 0 Å². The van der Waals surface area contributed by atoms with Gasteiger partial charge in [0.15, 0.2) is 5.69 Å². The largest absolute Gasteiger partial charge is 0.464 e. The van der Waals surface area contributed by atoms with Gasteiger partial charge in [0.2, 0.25) is 5.91 Å². The van der Waals surface area contributed by atoms with Crippen LogP contribution in [-0.2, 0) is 28.7 Å². The number of benzene rings is 2. The molecule has 1 N–H and O–H groups in total. The first-order valence-electron chi connectivity index (χ1n) is 14.2. The van der Waals surface area contributed by atoms with Gasteiger partial charge in [-0.1, -0.05) is 47.7 Å². The van der Waals surface area contributed by atoms with Crippen LogP contribution < -0.4 is 5.32 Å². The lowest BCUT2D eigenvalue weighted by Crippen LogP contribution is -2.51. The third kappa shape index (κ3) is 7.16. The van der Waals surface area contributed by atoms with Crippen molar-refractivity contribution in [2.24, 2.45) is 0 Å². The highest BCUT2D eigenvalue weighted by molar-refractivity contribution is 5.86. The Kier molecular flexibility index (Phi) is 9.22. The lowest BCUT2D eigenvalue weighted by atomic mass is 10.0. The number of amides is 1. The van der Waals surface area contributed by atoms with E-state index >= 15 is 0 Å². The van der Waals surface area contributed by atoms with E-state index in [9.17, 15) is 22.8 Å². The SMILES string of the molecule is COC(=O)c1cn([C@@H]2C[C@@H](C(=O)NCc3cccc(C(F)(F)F)c3)N(C3CCN(CCc4ccccc4)CC3)C2)nn1. The second-order valence-corrected chi connectivity index (χ2v) is 10.9. The monoisotopic (exact) mass is 584 g/mol. The number of aromatic nitrogens is 3. The van der Waals surface area contributed by atoms with Gasteiger partial charge in [-0.25, -0.2) is 9.48 Å². The van der Waals surface area contributed by atoms with Crippen LogP contribution in [0.4, 0.5) is 13.2 Å². The molecule has 1 aromatic heterocycles. The molecular formula is C30H35F3N6O3. The molecule has 2 aromatic carbocycles. The third-order valence-corrected chi connectivity index (χ3v) is 8.21. The van der Waals surface area contributed by atoms with Crippen LogP contribution in [0.15, 0.2) is 60.8 Å². The summed E-state index contributed by atoms with van der Waals surface area (Å²) in [5, 5.41) is 10.9. The molecule has 0 radical (unpaired) electrons. The van der Waals surface area contributed by atoms with Crippen LogP contribution in [0.5, 0.6) is 0 Å². The summed E-state index contributed by atoms with van der Waals surface area (Å²) in [5.41, 5.74) is 1.03. The summed E-state index contributed by atoms with van der Waals surface area (Å²) in [6, 6.07) is 14.8. The van der Waals surface area contributed by atoms with Crippen LogP contribution in [0.2, 0.25) is 0 Å². The molecule has 5 rings (SSSR count). The summed E-state index contributed by atoms with van der Waals surface area (Å²) in [7, 11) is 1.27. The van der Waals surface area contributed by atoms with Crippen LogP contribution in [-0.4, -0.2) is 82.0 Å². The van der Waals surface area contributed by atoms with E-state index in [1.54, 1.807) is 10.7 Å². The molecule has 9 nitrogen and oxygen atoms in total. The Morgan fingerprint density at radius 3 is 2.48 bits per heavy atom. The second kappa shape index (κ2) is 13.0. The summed E-state index contributed by atoms with van der Waals surface area (Å²) >= 11 is 0. The van der Waals surface area contributed by atoms with Crippen molar-refractivity contribution in [2.45, 2.75) is 56.5 Å². The van der Waals surface area contributed by atoms with Crippen LogP contribution >= 0.6 is 0 Å². The summed E-state index contributed by atoms with van der Waals surface area (Å²) < 4.78 is 45.9. The van der Waals surface area contributed by atoms with Gasteiger partial charge >= 0.3 is 12.1 Å². The summed E-state index contributed by atoms with van der Waals surface area (Å²) in [6.45, 7) is 3.32. The maximum absolute atomic E-state index is 13.5. The van der Waals surface area contributed by atoms with Crippen LogP contribution in [0.1, 0.15) is 52.5 Å². The van der Waals surface area contributed by atoms with E-state index in [0.717, 1.165) is 51.0 Å². The molecule has 2 aliphatic heterocycles.